The Morgan fingerprint density at radius 1 is 1.59 bits per heavy atom. The zero-order valence-corrected chi connectivity index (χ0v) is 11.5. The first-order valence-corrected chi connectivity index (χ1v) is 6.63. The van der Waals surface area contributed by atoms with Gasteiger partial charge in [0.25, 0.3) is 0 Å². The summed E-state index contributed by atoms with van der Waals surface area (Å²) in [5.74, 6) is -0.0116. The van der Waals surface area contributed by atoms with Crippen molar-refractivity contribution in [1.82, 2.24) is 10.6 Å². The Morgan fingerprint density at radius 3 is 2.82 bits per heavy atom. The van der Waals surface area contributed by atoms with E-state index in [4.69, 9.17) is 4.74 Å². The lowest BCUT2D eigenvalue weighted by atomic mass is 10.0. The van der Waals surface area contributed by atoms with Crippen LogP contribution in [0.15, 0.2) is 0 Å². The molecule has 100 valence electrons. The van der Waals surface area contributed by atoms with Gasteiger partial charge in [0.05, 0.1) is 6.10 Å². The lowest BCUT2D eigenvalue weighted by molar-refractivity contribution is -0.137. The molecular formula is C13H26N2O2. The van der Waals surface area contributed by atoms with E-state index in [1.54, 1.807) is 0 Å². The molecule has 2 unspecified atom stereocenters. The Hall–Kier alpha value is -0.610. The van der Waals surface area contributed by atoms with Gasteiger partial charge in [-0.15, -0.1) is 0 Å². The first kappa shape index (κ1) is 14.5. The van der Waals surface area contributed by atoms with Gasteiger partial charge in [-0.05, 0) is 46.6 Å². The molecule has 0 radical (unpaired) electrons. The fourth-order valence-corrected chi connectivity index (χ4v) is 1.81. The summed E-state index contributed by atoms with van der Waals surface area (Å²) in [4.78, 5) is 11.9. The van der Waals surface area contributed by atoms with Crippen LogP contribution in [-0.4, -0.2) is 36.7 Å². The first-order chi connectivity index (χ1) is 7.94. The molecule has 1 saturated heterocycles. The second kappa shape index (κ2) is 6.36. The lowest BCUT2D eigenvalue weighted by Crippen LogP contribution is -2.49. The minimum Gasteiger partial charge on any atom is -0.364 e. The average Bonchev–Trinajstić information content (AvgIpc) is 2.30. The number of piperidine rings is 1. The third kappa shape index (κ3) is 5.04. The molecule has 0 aliphatic carbocycles. The predicted octanol–water partition coefficient (Wildman–Crippen LogP) is 1.45. The monoisotopic (exact) mass is 242 g/mol. The molecule has 1 fully saturated rings. The van der Waals surface area contributed by atoms with E-state index in [1.165, 1.54) is 0 Å². The third-order valence-corrected chi connectivity index (χ3v) is 3.36. The highest BCUT2D eigenvalue weighted by Gasteiger charge is 2.25. The largest absolute Gasteiger partial charge is 0.364 e. The fourth-order valence-electron chi connectivity index (χ4n) is 1.81. The Labute approximate surface area is 104 Å². The number of carbonyl (C=O) groups is 1. The molecule has 1 heterocycles. The molecule has 1 rings (SSSR count). The molecule has 4 heteroatoms. The molecule has 1 aliphatic heterocycles. The fraction of sp³-hybridized carbons (Fsp3) is 0.923. The number of ether oxygens (including phenoxy) is 1. The normalized spacial score (nSPS) is 23.2. The SMILES string of the molecule is CCC(C)(C)NC(=O)C(C)OC1CCCNC1. The molecule has 2 atom stereocenters. The average molecular weight is 242 g/mol. The van der Waals surface area contributed by atoms with Gasteiger partial charge in [0, 0.05) is 12.1 Å². The third-order valence-electron chi connectivity index (χ3n) is 3.36. The summed E-state index contributed by atoms with van der Waals surface area (Å²) in [6.45, 7) is 9.87. The van der Waals surface area contributed by atoms with Gasteiger partial charge in [0.2, 0.25) is 5.91 Å². The van der Waals surface area contributed by atoms with Crippen molar-refractivity contribution in [3.05, 3.63) is 0 Å². The summed E-state index contributed by atoms with van der Waals surface area (Å²) in [5, 5.41) is 6.29. The second-order valence-corrected chi connectivity index (χ2v) is 5.47. The smallest absolute Gasteiger partial charge is 0.249 e. The van der Waals surface area contributed by atoms with Crippen molar-refractivity contribution in [2.75, 3.05) is 13.1 Å². The summed E-state index contributed by atoms with van der Waals surface area (Å²) in [5.41, 5.74) is -0.153. The Kier molecular flexibility index (Phi) is 5.40. The second-order valence-electron chi connectivity index (χ2n) is 5.47. The Morgan fingerprint density at radius 2 is 2.29 bits per heavy atom. The molecule has 2 N–H and O–H groups in total. The molecule has 0 saturated carbocycles. The molecular weight excluding hydrogens is 216 g/mol. The number of hydrogen-bond acceptors (Lipinski definition) is 3. The van der Waals surface area contributed by atoms with Crippen LogP contribution in [0.5, 0.6) is 0 Å². The molecule has 1 amide bonds. The molecule has 0 aromatic heterocycles. The van der Waals surface area contributed by atoms with E-state index in [0.29, 0.717) is 0 Å². The number of carbonyl (C=O) groups excluding carboxylic acids is 1. The van der Waals surface area contributed by atoms with Crippen molar-refractivity contribution < 1.29 is 9.53 Å². The van der Waals surface area contributed by atoms with Gasteiger partial charge in [-0.25, -0.2) is 0 Å². The zero-order chi connectivity index (χ0) is 12.9. The quantitative estimate of drug-likeness (QED) is 0.767. The maximum Gasteiger partial charge on any atom is 0.249 e. The zero-order valence-electron chi connectivity index (χ0n) is 11.5. The summed E-state index contributed by atoms with van der Waals surface area (Å²) >= 11 is 0. The number of nitrogens with one attached hydrogen (secondary N) is 2. The topological polar surface area (TPSA) is 50.4 Å². The van der Waals surface area contributed by atoms with Crippen molar-refractivity contribution in [2.24, 2.45) is 0 Å². The summed E-state index contributed by atoms with van der Waals surface area (Å²) < 4.78 is 5.77. The lowest BCUT2D eigenvalue weighted by Gasteiger charge is -2.29. The molecule has 0 aromatic rings. The first-order valence-electron chi connectivity index (χ1n) is 6.63. The van der Waals surface area contributed by atoms with Crippen molar-refractivity contribution in [3.8, 4) is 0 Å². The molecule has 4 nitrogen and oxygen atoms in total. The van der Waals surface area contributed by atoms with E-state index in [0.717, 1.165) is 32.4 Å². The van der Waals surface area contributed by atoms with Crippen LogP contribution in [-0.2, 0) is 9.53 Å². The van der Waals surface area contributed by atoms with Crippen molar-refractivity contribution in [2.45, 2.75) is 64.7 Å². The van der Waals surface area contributed by atoms with Gasteiger partial charge < -0.3 is 15.4 Å². The van der Waals surface area contributed by atoms with Gasteiger partial charge in [-0.1, -0.05) is 6.92 Å². The highest BCUT2D eigenvalue weighted by atomic mass is 16.5. The number of amides is 1. The van der Waals surface area contributed by atoms with Crippen LogP contribution in [0.1, 0.15) is 47.0 Å². The van der Waals surface area contributed by atoms with E-state index >= 15 is 0 Å². The molecule has 1 aliphatic rings. The predicted molar refractivity (Wildman–Crippen MR) is 69.0 cm³/mol. The molecule has 0 aromatic carbocycles. The number of rotatable bonds is 5. The van der Waals surface area contributed by atoms with Crippen LogP contribution < -0.4 is 10.6 Å². The van der Waals surface area contributed by atoms with Crippen LogP contribution in [0.4, 0.5) is 0 Å². The highest BCUT2D eigenvalue weighted by molar-refractivity contribution is 5.81. The van der Waals surface area contributed by atoms with Crippen LogP contribution in [0.3, 0.4) is 0 Å². The van der Waals surface area contributed by atoms with E-state index in [9.17, 15) is 4.79 Å². The van der Waals surface area contributed by atoms with Crippen molar-refractivity contribution in [3.63, 3.8) is 0 Å². The molecule has 0 bridgehead atoms. The molecule has 0 spiro atoms. The standard InChI is InChI=1S/C13H26N2O2/c1-5-13(3,4)15-12(16)10(2)17-11-7-6-8-14-9-11/h10-11,14H,5-9H2,1-4H3,(H,15,16). The van der Waals surface area contributed by atoms with E-state index in [2.05, 4.69) is 17.6 Å². The van der Waals surface area contributed by atoms with E-state index in [-0.39, 0.29) is 23.7 Å². The minimum atomic E-state index is -0.370. The summed E-state index contributed by atoms with van der Waals surface area (Å²) in [6.07, 6.45) is 2.89. The van der Waals surface area contributed by atoms with Gasteiger partial charge in [0.1, 0.15) is 6.10 Å². The van der Waals surface area contributed by atoms with Crippen LogP contribution in [0, 0.1) is 0 Å². The van der Waals surface area contributed by atoms with Gasteiger partial charge in [-0.3, -0.25) is 4.79 Å². The van der Waals surface area contributed by atoms with Gasteiger partial charge >= 0.3 is 0 Å². The maximum absolute atomic E-state index is 11.9. The highest BCUT2D eigenvalue weighted by Crippen LogP contribution is 2.11. The van der Waals surface area contributed by atoms with Gasteiger partial charge in [0.15, 0.2) is 0 Å². The van der Waals surface area contributed by atoms with Crippen molar-refractivity contribution in [1.29, 1.82) is 0 Å². The maximum atomic E-state index is 11.9. The van der Waals surface area contributed by atoms with E-state index < -0.39 is 0 Å². The van der Waals surface area contributed by atoms with Crippen LogP contribution in [0.25, 0.3) is 0 Å². The summed E-state index contributed by atoms with van der Waals surface area (Å²) in [7, 11) is 0. The van der Waals surface area contributed by atoms with Crippen molar-refractivity contribution >= 4 is 5.91 Å². The summed E-state index contributed by atoms with van der Waals surface area (Å²) in [6, 6.07) is 0. The Balaban J connectivity index is 2.35. The van der Waals surface area contributed by atoms with E-state index in [1.807, 2.05) is 20.8 Å². The van der Waals surface area contributed by atoms with Crippen LogP contribution in [0.2, 0.25) is 0 Å². The Bertz CT molecular complexity index is 248. The minimum absolute atomic E-state index is 0.0116. The van der Waals surface area contributed by atoms with Gasteiger partial charge in [-0.2, -0.15) is 0 Å². The number of hydrogen-bond donors (Lipinski definition) is 2. The van der Waals surface area contributed by atoms with Crippen LogP contribution >= 0.6 is 0 Å². The molecule has 17 heavy (non-hydrogen) atoms.